The van der Waals surface area contributed by atoms with Crippen LogP contribution in [0, 0.1) is 5.82 Å². The van der Waals surface area contributed by atoms with Crippen molar-refractivity contribution in [1.29, 1.82) is 0 Å². The van der Waals surface area contributed by atoms with Crippen LogP contribution in [-0.2, 0) is 6.42 Å². The molecule has 1 aromatic heterocycles. The van der Waals surface area contributed by atoms with E-state index in [0.717, 1.165) is 8.26 Å². The predicted octanol–water partition coefficient (Wildman–Crippen LogP) is 5.49. The first-order valence-corrected chi connectivity index (χ1v) is 7.67. The van der Waals surface area contributed by atoms with Crippen LogP contribution in [0.25, 0.3) is 0 Å². The van der Waals surface area contributed by atoms with E-state index in [1.165, 1.54) is 29.5 Å². The first-order valence-electron chi connectivity index (χ1n) is 4.89. The quantitative estimate of drug-likeness (QED) is 0.609. The zero-order valence-corrected chi connectivity index (χ0v) is 13.6. The summed E-state index contributed by atoms with van der Waals surface area (Å²) < 4.78 is 14.8. The third-order valence-electron chi connectivity index (χ3n) is 2.28. The molecule has 0 radical (unpaired) electrons. The summed E-state index contributed by atoms with van der Waals surface area (Å²) in [5.41, 5.74) is 0.502. The summed E-state index contributed by atoms with van der Waals surface area (Å²) in [7, 11) is 0. The smallest absolute Gasteiger partial charge is 0.177 e. The Morgan fingerprint density at radius 3 is 2.67 bits per heavy atom. The average molecular weight is 413 g/mol. The molecule has 18 heavy (non-hydrogen) atoms. The summed E-state index contributed by atoms with van der Waals surface area (Å²) in [5, 5.41) is 0.402. The number of ketones is 1. The highest BCUT2D eigenvalue weighted by Crippen LogP contribution is 2.33. The van der Waals surface area contributed by atoms with Gasteiger partial charge in [0.2, 0.25) is 0 Å². The molecule has 0 aliphatic carbocycles. The summed E-state index contributed by atoms with van der Waals surface area (Å²) >= 11 is 13.9. The molecule has 0 N–H and O–H groups in total. The van der Waals surface area contributed by atoms with Gasteiger partial charge in [0.25, 0.3) is 0 Å². The number of Topliss-reactive ketones (excluding diaryl/α,β-unsaturated/α-hetero) is 1. The number of thiophene rings is 1. The topological polar surface area (TPSA) is 17.1 Å². The summed E-state index contributed by atoms with van der Waals surface area (Å²) in [4.78, 5) is 12.6. The molecular weight excluding hydrogens is 406 g/mol. The lowest BCUT2D eigenvalue weighted by Gasteiger charge is -2.02. The largest absolute Gasteiger partial charge is 0.293 e. The molecule has 0 aliphatic heterocycles. The van der Waals surface area contributed by atoms with Crippen molar-refractivity contribution in [3.8, 4) is 0 Å². The van der Waals surface area contributed by atoms with Crippen molar-refractivity contribution in [2.45, 2.75) is 6.42 Å². The SMILES string of the molecule is O=C(Cc1cc(F)ccc1Cl)c1cc(Br)c(Br)s1. The third-order valence-corrected chi connectivity index (χ3v) is 5.94. The van der Waals surface area contributed by atoms with Gasteiger partial charge in [-0.3, -0.25) is 4.79 Å². The Morgan fingerprint density at radius 2 is 2.06 bits per heavy atom. The van der Waals surface area contributed by atoms with Crippen LogP contribution in [0.1, 0.15) is 15.2 Å². The van der Waals surface area contributed by atoms with Crippen LogP contribution in [0.3, 0.4) is 0 Å². The standard InChI is InChI=1S/C12H6Br2ClFOS/c13-8-5-11(18-12(8)14)10(17)4-6-3-7(16)1-2-9(6)15/h1-3,5H,4H2. The summed E-state index contributed by atoms with van der Waals surface area (Å²) in [6.07, 6.45) is 0.0932. The van der Waals surface area contributed by atoms with E-state index >= 15 is 0 Å². The van der Waals surface area contributed by atoms with E-state index in [1.54, 1.807) is 6.07 Å². The highest BCUT2D eigenvalue weighted by molar-refractivity contribution is 9.13. The van der Waals surface area contributed by atoms with E-state index in [1.807, 2.05) is 0 Å². The van der Waals surface area contributed by atoms with Gasteiger partial charge in [0.15, 0.2) is 5.78 Å². The number of benzene rings is 1. The summed E-state index contributed by atoms with van der Waals surface area (Å²) in [6, 6.07) is 5.76. The molecular formula is C12H6Br2ClFOS. The van der Waals surface area contributed by atoms with Gasteiger partial charge in [0.1, 0.15) is 5.82 Å². The zero-order chi connectivity index (χ0) is 13.3. The second-order valence-electron chi connectivity index (χ2n) is 3.57. The maximum absolute atomic E-state index is 13.1. The molecule has 0 saturated heterocycles. The average Bonchev–Trinajstić information content (AvgIpc) is 2.64. The van der Waals surface area contributed by atoms with Crippen LogP contribution >= 0.6 is 54.8 Å². The second-order valence-corrected chi connectivity index (χ2v) is 7.20. The van der Waals surface area contributed by atoms with E-state index in [-0.39, 0.29) is 12.2 Å². The molecule has 0 saturated carbocycles. The maximum Gasteiger partial charge on any atom is 0.177 e. The molecule has 0 amide bonds. The Labute approximate surface area is 129 Å². The Morgan fingerprint density at radius 1 is 1.33 bits per heavy atom. The second kappa shape index (κ2) is 5.82. The lowest BCUT2D eigenvalue weighted by molar-refractivity contribution is 0.0997. The first-order chi connectivity index (χ1) is 8.47. The maximum atomic E-state index is 13.1. The Kier molecular flexibility index (Phi) is 4.59. The highest BCUT2D eigenvalue weighted by atomic mass is 79.9. The molecule has 0 spiro atoms. The van der Waals surface area contributed by atoms with Crippen molar-refractivity contribution < 1.29 is 9.18 Å². The van der Waals surface area contributed by atoms with Crippen LogP contribution in [0.2, 0.25) is 5.02 Å². The Bertz CT molecular complexity index is 593. The fraction of sp³-hybridized carbons (Fsp3) is 0.0833. The van der Waals surface area contributed by atoms with Crippen molar-refractivity contribution in [3.05, 3.63) is 53.8 Å². The molecule has 1 aromatic carbocycles. The Hall–Kier alpha value is -0.230. The van der Waals surface area contributed by atoms with Crippen LogP contribution in [-0.4, -0.2) is 5.78 Å². The molecule has 0 bridgehead atoms. The normalized spacial score (nSPS) is 10.7. The van der Waals surface area contributed by atoms with E-state index < -0.39 is 5.82 Å². The van der Waals surface area contributed by atoms with Crippen LogP contribution in [0.5, 0.6) is 0 Å². The molecule has 1 heterocycles. The molecule has 0 atom stereocenters. The van der Waals surface area contributed by atoms with Crippen molar-refractivity contribution in [3.63, 3.8) is 0 Å². The van der Waals surface area contributed by atoms with Crippen molar-refractivity contribution in [1.82, 2.24) is 0 Å². The van der Waals surface area contributed by atoms with Gasteiger partial charge in [-0.25, -0.2) is 4.39 Å². The summed E-state index contributed by atoms with van der Waals surface area (Å²) in [5.74, 6) is -0.477. The first kappa shape index (κ1) is 14.2. The van der Waals surface area contributed by atoms with Crippen LogP contribution in [0.4, 0.5) is 4.39 Å². The predicted molar refractivity (Wildman–Crippen MR) is 79.2 cm³/mol. The fourth-order valence-corrected chi connectivity index (χ4v) is 3.58. The number of hydrogen-bond donors (Lipinski definition) is 0. The van der Waals surface area contributed by atoms with Crippen molar-refractivity contribution in [2.24, 2.45) is 0 Å². The molecule has 0 fully saturated rings. The van der Waals surface area contributed by atoms with Gasteiger partial charge in [-0.15, -0.1) is 11.3 Å². The lowest BCUT2D eigenvalue weighted by atomic mass is 10.1. The minimum absolute atomic E-state index is 0.0844. The minimum atomic E-state index is -0.393. The number of carbonyl (C=O) groups excluding carboxylic acids is 1. The van der Waals surface area contributed by atoms with Gasteiger partial charge in [-0.1, -0.05) is 11.6 Å². The van der Waals surface area contributed by atoms with Crippen LogP contribution < -0.4 is 0 Å². The molecule has 2 aromatic rings. The van der Waals surface area contributed by atoms with Crippen LogP contribution in [0.15, 0.2) is 32.5 Å². The number of rotatable bonds is 3. The fourth-order valence-electron chi connectivity index (χ4n) is 1.42. The van der Waals surface area contributed by atoms with E-state index in [0.29, 0.717) is 15.5 Å². The highest BCUT2D eigenvalue weighted by Gasteiger charge is 2.14. The van der Waals surface area contributed by atoms with Gasteiger partial charge in [-0.2, -0.15) is 0 Å². The van der Waals surface area contributed by atoms with E-state index in [4.69, 9.17) is 11.6 Å². The monoisotopic (exact) mass is 410 g/mol. The number of hydrogen-bond acceptors (Lipinski definition) is 2. The molecule has 6 heteroatoms. The molecule has 0 aliphatic rings. The van der Waals surface area contributed by atoms with Gasteiger partial charge >= 0.3 is 0 Å². The third kappa shape index (κ3) is 3.20. The van der Waals surface area contributed by atoms with E-state index in [2.05, 4.69) is 31.9 Å². The van der Waals surface area contributed by atoms with E-state index in [9.17, 15) is 9.18 Å². The molecule has 1 nitrogen and oxygen atoms in total. The van der Waals surface area contributed by atoms with Crippen molar-refractivity contribution in [2.75, 3.05) is 0 Å². The zero-order valence-electron chi connectivity index (χ0n) is 8.84. The van der Waals surface area contributed by atoms with Gasteiger partial charge in [0, 0.05) is 15.9 Å². The van der Waals surface area contributed by atoms with Gasteiger partial charge < -0.3 is 0 Å². The minimum Gasteiger partial charge on any atom is -0.293 e. The van der Waals surface area contributed by atoms with Gasteiger partial charge in [-0.05, 0) is 61.7 Å². The number of halogens is 4. The number of carbonyl (C=O) groups is 1. The Balaban J connectivity index is 2.23. The molecule has 2 rings (SSSR count). The molecule has 94 valence electrons. The van der Waals surface area contributed by atoms with Gasteiger partial charge in [0.05, 0.1) is 8.66 Å². The molecule has 0 unspecified atom stereocenters. The lowest BCUT2D eigenvalue weighted by Crippen LogP contribution is -2.02. The van der Waals surface area contributed by atoms with Crippen molar-refractivity contribution >= 4 is 60.6 Å². The summed E-state index contributed by atoms with van der Waals surface area (Å²) in [6.45, 7) is 0.